The van der Waals surface area contributed by atoms with Crippen LogP contribution in [0.5, 0.6) is 0 Å². The van der Waals surface area contributed by atoms with Crippen molar-refractivity contribution < 1.29 is 13.2 Å². The molecule has 0 aliphatic carbocycles. The standard InChI is InChI=1S/C16H16N2O3S/c19-16(17-12-13-6-2-1-3-7-13)18-10-11-22(20,21)15-9-5-4-8-14(15)18/h1-9H,10-12H2,(H,17,19). The molecule has 0 radical (unpaired) electrons. The number of hydrogen-bond donors (Lipinski definition) is 1. The predicted octanol–water partition coefficient (Wildman–Crippen LogP) is 2.19. The first-order chi connectivity index (χ1) is 10.6. The summed E-state index contributed by atoms with van der Waals surface area (Å²) >= 11 is 0. The van der Waals surface area contributed by atoms with E-state index in [-0.39, 0.29) is 23.2 Å². The lowest BCUT2D eigenvalue weighted by Gasteiger charge is -2.29. The van der Waals surface area contributed by atoms with E-state index in [0.717, 1.165) is 5.56 Å². The fraction of sp³-hybridized carbons (Fsp3) is 0.188. The molecule has 0 fully saturated rings. The highest BCUT2D eigenvalue weighted by Crippen LogP contribution is 2.30. The average Bonchev–Trinajstić information content (AvgIpc) is 2.54. The van der Waals surface area contributed by atoms with Gasteiger partial charge in [-0.3, -0.25) is 4.90 Å². The van der Waals surface area contributed by atoms with Gasteiger partial charge >= 0.3 is 6.03 Å². The molecule has 0 saturated carbocycles. The zero-order valence-electron chi connectivity index (χ0n) is 11.9. The Kier molecular flexibility index (Phi) is 3.85. The Bertz CT molecular complexity index is 788. The summed E-state index contributed by atoms with van der Waals surface area (Å²) < 4.78 is 24.1. The second-order valence-electron chi connectivity index (χ2n) is 5.08. The normalized spacial score (nSPS) is 15.9. The second kappa shape index (κ2) is 5.81. The molecule has 0 spiro atoms. The molecule has 3 rings (SSSR count). The molecule has 0 saturated heterocycles. The van der Waals surface area contributed by atoms with Crippen molar-refractivity contribution in [2.24, 2.45) is 0 Å². The number of urea groups is 1. The van der Waals surface area contributed by atoms with Gasteiger partial charge in [0.2, 0.25) is 0 Å². The first-order valence-electron chi connectivity index (χ1n) is 6.99. The number of rotatable bonds is 2. The Balaban J connectivity index is 1.79. The van der Waals surface area contributed by atoms with Crippen molar-refractivity contribution in [2.45, 2.75) is 11.4 Å². The summed E-state index contributed by atoms with van der Waals surface area (Å²) in [4.78, 5) is 14.1. The van der Waals surface area contributed by atoms with E-state index in [1.165, 1.54) is 4.90 Å². The second-order valence-corrected chi connectivity index (χ2v) is 7.16. The van der Waals surface area contributed by atoms with Crippen LogP contribution >= 0.6 is 0 Å². The molecule has 0 atom stereocenters. The van der Waals surface area contributed by atoms with E-state index in [4.69, 9.17) is 0 Å². The van der Waals surface area contributed by atoms with Crippen molar-refractivity contribution in [1.82, 2.24) is 5.32 Å². The summed E-state index contributed by atoms with van der Waals surface area (Å²) in [7, 11) is -3.30. The van der Waals surface area contributed by atoms with Gasteiger partial charge in [0.1, 0.15) is 0 Å². The summed E-state index contributed by atoms with van der Waals surface area (Å²) in [5, 5.41) is 2.83. The van der Waals surface area contributed by atoms with Crippen molar-refractivity contribution in [3.05, 3.63) is 60.2 Å². The molecular formula is C16H16N2O3S. The summed E-state index contributed by atoms with van der Waals surface area (Å²) in [6.45, 7) is 0.574. The highest BCUT2D eigenvalue weighted by atomic mass is 32.2. The van der Waals surface area contributed by atoms with Crippen LogP contribution in [-0.2, 0) is 16.4 Å². The molecule has 1 heterocycles. The predicted molar refractivity (Wildman–Crippen MR) is 84.5 cm³/mol. The molecule has 1 aliphatic rings. The Labute approximate surface area is 129 Å². The molecular weight excluding hydrogens is 300 g/mol. The zero-order chi connectivity index (χ0) is 15.6. The molecule has 2 aromatic rings. The molecule has 1 aliphatic heterocycles. The third-order valence-corrected chi connectivity index (χ3v) is 5.34. The van der Waals surface area contributed by atoms with Gasteiger partial charge in [-0.15, -0.1) is 0 Å². The van der Waals surface area contributed by atoms with E-state index >= 15 is 0 Å². The number of nitrogens with zero attached hydrogens (tertiary/aromatic N) is 1. The number of carbonyl (C=O) groups excluding carboxylic acids is 1. The Morgan fingerprint density at radius 1 is 1.05 bits per heavy atom. The molecule has 6 heteroatoms. The fourth-order valence-corrected chi connectivity index (χ4v) is 3.89. The lowest BCUT2D eigenvalue weighted by Crippen LogP contribution is -2.45. The van der Waals surface area contributed by atoms with Gasteiger partial charge in [0, 0.05) is 13.1 Å². The minimum Gasteiger partial charge on any atom is -0.334 e. The highest BCUT2D eigenvalue weighted by Gasteiger charge is 2.31. The van der Waals surface area contributed by atoms with Crippen LogP contribution in [0.1, 0.15) is 5.56 Å². The quantitative estimate of drug-likeness (QED) is 0.923. The van der Waals surface area contributed by atoms with Crippen molar-refractivity contribution in [3.63, 3.8) is 0 Å². The van der Waals surface area contributed by atoms with Crippen LogP contribution in [0.2, 0.25) is 0 Å². The van der Waals surface area contributed by atoms with Gasteiger partial charge in [0.25, 0.3) is 0 Å². The van der Waals surface area contributed by atoms with Crippen LogP contribution in [0.3, 0.4) is 0 Å². The van der Waals surface area contributed by atoms with Gasteiger partial charge in [0.15, 0.2) is 9.84 Å². The molecule has 2 aromatic carbocycles. The van der Waals surface area contributed by atoms with Gasteiger partial charge in [-0.05, 0) is 17.7 Å². The average molecular weight is 316 g/mol. The molecule has 2 amide bonds. The Hall–Kier alpha value is -2.34. The molecule has 5 nitrogen and oxygen atoms in total. The first-order valence-corrected chi connectivity index (χ1v) is 8.64. The van der Waals surface area contributed by atoms with Gasteiger partial charge in [-0.2, -0.15) is 0 Å². The van der Waals surface area contributed by atoms with Crippen LogP contribution in [0.15, 0.2) is 59.5 Å². The number of anilines is 1. The van der Waals surface area contributed by atoms with Gasteiger partial charge < -0.3 is 5.32 Å². The Morgan fingerprint density at radius 2 is 1.73 bits per heavy atom. The smallest absolute Gasteiger partial charge is 0.322 e. The molecule has 0 unspecified atom stereocenters. The van der Waals surface area contributed by atoms with E-state index in [1.807, 2.05) is 30.3 Å². The third kappa shape index (κ3) is 2.82. The van der Waals surface area contributed by atoms with E-state index in [9.17, 15) is 13.2 Å². The van der Waals surface area contributed by atoms with Crippen LogP contribution in [0.25, 0.3) is 0 Å². The van der Waals surface area contributed by atoms with Crippen molar-refractivity contribution in [3.8, 4) is 0 Å². The fourth-order valence-electron chi connectivity index (χ4n) is 2.46. The van der Waals surface area contributed by atoms with Gasteiger partial charge in [0.05, 0.1) is 16.3 Å². The van der Waals surface area contributed by atoms with Crippen LogP contribution in [0.4, 0.5) is 10.5 Å². The maximum atomic E-state index is 12.4. The molecule has 22 heavy (non-hydrogen) atoms. The van der Waals surface area contributed by atoms with E-state index < -0.39 is 9.84 Å². The van der Waals surface area contributed by atoms with E-state index in [2.05, 4.69) is 5.32 Å². The van der Waals surface area contributed by atoms with Gasteiger partial charge in [-0.1, -0.05) is 42.5 Å². The van der Waals surface area contributed by atoms with E-state index in [1.54, 1.807) is 24.3 Å². The summed E-state index contributed by atoms with van der Waals surface area (Å²) in [5.74, 6) is -0.0528. The molecule has 0 aromatic heterocycles. The van der Waals surface area contributed by atoms with E-state index in [0.29, 0.717) is 12.2 Å². The number of nitrogens with one attached hydrogen (secondary N) is 1. The number of carbonyl (C=O) groups is 1. The summed E-state index contributed by atoms with van der Waals surface area (Å²) in [6.07, 6.45) is 0. The lowest BCUT2D eigenvalue weighted by molar-refractivity contribution is 0.246. The minimum absolute atomic E-state index is 0.0528. The minimum atomic E-state index is -3.30. The number of hydrogen-bond acceptors (Lipinski definition) is 3. The number of amides is 2. The van der Waals surface area contributed by atoms with Crippen molar-refractivity contribution >= 4 is 21.6 Å². The largest absolute Gasteiger partial charge is 0.334 e. The summed E-state index contributed by atoms with van der Waals surface area (Å²) in [5.41, 5.74) is 1.44. The van der Waals surface area contributed by atoms with Crippen molar-refractivity contribution in [1.29, 1.82) is 0 Å². The zero-order valence-corrected chi connectivity index (χ0v) is 12.7. The SMILES string of the molecule is O=C(NCc1ccccc1)N1CCS(=O)(=O)c2ccccc21. The molecule has 1 N–H and O–H groups in total. The molecule has 114 valence electrons. The topological polar surface area (TPSA) is 66.5 Å². The number of fused-ring (bicyclic) bond motifs is 1. The first kappa shape index (κ1) is 14.6. The maximum Gasteiger partial charge on any atom is 0.322 e. The summed E-state index contributed by atoms with van der Waals surface area (Å²) in [6, 6.07) is 15.9. The monoisotopic (exact) mass is 316 g/mol. The van der Waals surface area contributed by atoms with Crippen LogP contribution in [0, 0.1) is 0 Å². The maximum absolute atomic E-state index is 12.4. The van der Waals surface area contributed by atoms with Crippen LogP contribution in [-0.4, -0.2) is 26.7 Å². The van der Waals surface area contributed by atoms with Crippen LogP contribution < -0.4 is 10.2 Å². The van der Waals surface area contributed by atoms with Gasteiger partial charge in [-0.25, -0.2) is 13.2 Å². The third-order valence-electron chi connectivity index (χ3n) is 3.61. The number of sulfone groups is 1. The molecule has 0 bridgehead atoms. The highest BCUT2D eigenvalue weighted by molar-refractivity contribution is 7.91. The number of para-hydroxylation sites is 1. The number of benzene rings is 2. The Morgan fingerprint density at radius 3 is 2.50 bits per heavy atom. The lowest BCUT2D eigenvalue weighted by atomic mass is 10.2. The van der Waals surface area contributed by atoms with Crippen molar-refractivity contribution in [2.75, 3.05) is 17.2 Å².